The Morgan fingerprint density at radius 3 is 2.41 bits per heavy atom. The number of aromatic nitrogens is 1. The first kappa shape index (κ1) is 19.0. The van der Waals surface area contributed by atoms with Crippen LogP contribution in [0.1, 0.15) is 34.3 Å². The number of hydrogen-bond donors (Lipinski definition) is 2. The molecular formula is C24H26N4O. The van der Waals surface area contributed by atoms with Crippen molar-refractivity contribution in [3.05, 3.63) is 77.6 Å². The highest BCUT2D eigenvalue weighted by atomic mass is 16.1. The summed E-state index contributed by atoms with van der Waals surface area (Å²) in [6, 6.07) is 16.1. The highest BCUT2D eigenvalue weighted by Crippen LogP contribution is 2.24. The fourth-order valence-electron chi connectivity index (χ4n) is 3.68. The highest BCUT2D eigenvalue weighted by molar-refractivity contribution is 6.04. The van der Waals surface area contributed by atoms with Gasteiger partial charge >= 0.3 is 0 Å². The number of carbonyl (C=O) groups excluding carboxylic acids is 1. The average Bonchev–Trinajstić information content (AvgIpc) is 3.26. The van der Waals surface area contributed by atoms with Crippen molar-refractivity contribution in [2.45, 2.75) is 26.7 Å². The molecule has 0 saturated carbocycles. The Hall–Kier alpha value is -3.34. The molecule has 0 radical (unpaired) electrons. The zero-order valence-corrected chi connectivity index (χ0v) is 16.9. The lowest BCUT2D eigenvalue weighted by atomic mass is 10.1. The molecule has 2 aromatic carbocycles. The topological polar surface area (TPSA) is 57.3 Å². The second kappa shape index (κ2) is 8.35. The molecule has 1 aromatic heterocycles. The molecule has 0 atom stereocenters. The summed E-state index contributed by atoms with van der Waals surface area (Å²) in [4.78, 5) is 19.3. The van der Waals surface area contributed by atoms with Gasteiger partial charge in [0.25, 0.3) is 5.91 Å². The number of amides is 1. The van der Waals surface area contributed by atoms with Crippen LogP contribution in [0.2, 0.25) is 0 Å². The van der Waals surface area contributed by atoms with Gasteiger partial charge < -0.3 is 15.5 Å². The Balaban J connectivity index is 1.44. The summed E-state index contributed by atoms with van der Waals surface area (Å²) in [5.41, 5.74) is 6.67. The van der Waals surface area contributed by atoms with E-state index in [1.54, 1.807) is 12.4 Å². The summed E-state index contributed by atoms with van der Waals surface area (Å²) < 4.78 is 0. The van der Waals surface area contributed by atoms with Gasteiger partial charge in [-0.3, -0.25) is 9.78 Å². The molecule has 1 aliphatic heterocycles. The number of rotatable bonds is 5. The molecule has 5 heteroatoms. The third-order valence-electron chi connectivity index (χ3n) is 5.26. The Labute approximate surface area is 171 Å². The smallest absolute Gasteiger partial charge is 0.257 e. The standard InChI is InChI=1S/C24H26N4O/c1-17-5-10-23(18(2)13-17)26-21-14-19(15-25-16-21)24(29)27-20-6-8-22(9-7-20)28-11-3-4-12-28/h5-10,13-16,26H,3-4,11-12H2,1-2H3,(H,27,29). The first-order chi connectivity index (χ1) is 14.1. The van der Waals surface area contributed by atoms with Gasteiger partial charge in [0.05, 0.1) is 17.4 Å². The summed E-state index contributed by atoms with van der Waals surface area (Å²) in [5.74, 6) is -0.171. The molecule has 3 aromatic rings. The van der Waals surface area contributed by atoms with Gasteiger partial charge in [-0.25, -0.2) is 0 Å². The van der Waals surface area contributed by atoms with E-state index in [-0.39, 0.29) is 5.91 Å². The van der Waals surface area contributed by atoms with Crippen molar-refractivity contribution in [3.8, 4) is 0 Å². The van der Waals surface area contributed by atoms with Gasteiger partial charge in [0, 0.05) is 36.3 Å². The molecule has 0 unspecified atom stereocenters. The van der Waals surface area contributed by atoms with Gasteiger partial charge in [0.15, 0.2) is 0 Å². The molecule has 29 heavy (non-hydrogen) atoms. The van der Waals surface area contributed by atoms with Crippen molar-refractivity contribution in [1.29, 1.82) is 0 Å². The predicted molar refractivity (Wildman–Crippen MR) is 119 cm³/mol. The molecule has 1 saturated heterocycles. The molecule has 1 amide bonds. The van der Waals surface area contributed by atoms with Crippen molar-refractivity contribution in [2.24, 2.45) is 0 Å². The molecular weight excluding hydrogens is 360 g/mol. The predicted octanol–water partition coefficient (Wildman–Crippen LogP) is 5.29. The van der Waals surface area contributed by atoms with Crippen LogP contribution in [-0.2, 0) is 0 Å². The summed E-state index contributed by atoms with van der Waals surface area (Å²) in [7, 11) is 0. The van der Waals surface area contributed by atoms with Crippen LogP contribution in [0.3, 0.4) is 0 Å². The van der Waals surface area contributed by atoms with E-state index in [0.29, 0.717) is 5.56 Å². The summed E-state index contributed by atoms with van der Waals surface area (Å²) in [5, 5.41) is 6.31. The van der Waals surface area contributed by atoms with Crippen LogP contribution in [0.5, 0.6) is 0 Å². The SMILES string of the molecule is Cc1ccc(Nc2cncc(C(=O)Nc3ccc(N4CCCC4)cc3)c2)c(C)c1. The van der Waals surface area contributed by atoms with E-state index in [1.807, 2.05) is 24.3 Å². The maximum atomic E-state index is 12.7. The molecule has 5 nitrogen and oxygen atoms in total. The zero-order valence-electron chi connectivity index (χ0n) is 16.9. The van der Waals surface area contributed by atoms with Gasteiger partial charge in [0.2, 0.25) is 0 Å². The van der Waals surface area contributed by atoms with Gasteiger partial charge in [-0.2, -0.15) is 0 Å². The van der Waals surface area contributed by atoms with Gasteiger partial charge in [0.1, 0.15) is 0 Å². The number of benzene rings is 2. The normalized spacial score (nSPS) is 13.4. The molecule has 1 aliphatic rings. The minimum atomic E-state index is -0.171. The minimum absolute atomic E-state index is 0.171. The fourth-order valence-corrected chi connectivity index (χ4v) is 3.68. The summed E-state index contributed by atoms with van der Waals surface area (Å²) in [6.45, 7) is 6.35. The molecule has 4 rings (SSSR count). The number of carbonyl (C=O) groups is 1. The largest absolute Gasteiger partial charge is 0.372 e. The van der Waals surface area contributed by atoms with Crippen LogP contribution in [-0.4, -0.2) is 24.0 Å². The lowest BCUT2D eigenvalue weighted by Crippen LogP contribution is -2.17. The van der Waals surface area contributed by atoms with Gasteiger partial charge in [-0.1, -0.05) is 17.7 Å². The van der Waals surface area contributed by atoms with E-state index in [9.17, 15) is 4.79 Å². The lowest BCUT2D eigenvalue weighted by molar-refractivity contribution is 0.102. The van der Waals surface area contributed by atoms with Crippen LogP contribution in [0.15, 0.2) is 60.9 Å². The number of nitrogens with one attached hydrogen (secondary N) is 2. The molecule has 2 N–H and O–H groups in total. The highest BCUT2D eigenvalue weighted by Gasteiger charge is 2.13. The average molecular weight is 386 g/mol. The van der Waals surface area contributed by atoms with Crippen LogP contribution < -0.4 is 15.5 Å². The van der Waals surface area contributed by atoms with E-state index in [2.05, 4.69) is 58.6 Å². The molecule has 2 heterocycles. The first-order valence-corrected chi connectivity index (χ1v) is 10.0. The maximum Gasteiger partial charge on any atom is 0.257 e. The van der Waals surface area contributed by atoms with Gasteiger partial charge in [-0.05, 0) is 68.7 Å². The summed E-state index contributed by atoms with van der Waals surface area (Å²) >= 11 is 0. The Bertz CT molecular complexity index is 1010. The van der Waals surface area contributed by atoms with E-state index in [0.717, 1.165) is 35.7 Å². The molecule has 0 bridgehead atoms. The Kier molecular flexibility index (Phi) is 5.47. The van der Waals surface area contributed by atoms with Crippen LogP contribution in [0, 0.1) is 13.8 Å². The fraction of sp³-hybridized carbons (Fsp3) is 0.250. The van der Waals surface area contributed by atoms with Crippen LogP contribution >= 0.6 is 0 Å². The monoisotopic (exact) mass is 386 g/mol. The van der Waals surface area contributed by atoms with Gasteiger partial charge in [-0.15, -0.1) is 0 Å². The molecule has 0 aliphatic carbocycles. The van der Waals surface area contributed by atoms with E-state index in [4.69, 9.17) is 0 Å². The van der Waals surface area contributed by atoms with E-state index < -0.39 is 0 Å². The quantitative estimate of drug-likeness (QED) is 0.625. The first-order valence-electron chi connectivity index (χ1n) is 10.0. The minimum Gasteiger partial charge on any atom is -0.372 e. The molecule has 1 fully saturated rings. The second-order valence-corrected chi connectivity index (χ2v) is 7.60. The van der Waals surface area contributed by atoms with E-state index in [1.165, 1.54) is 24.1 Å². The van der Waals surface area contributed by atoms with Crippen molar-refractivity contribution < 1.29 is 4.79 Å². The number of hydrogen-bond acceptors (Lipinski definition) is 4. The number of anilines is 4. The number of pyridine rings is 1. The van der Waals surface area contributed by atoms with Crippen molar-refractivity contribution >= 4 is 28.7 Å². The van der Waals surface area contributed by atoms with Crippen molar-refractivity contribution in [1.82, 2.24) is 4.98 Å². The third-order valence-corrected chi connectivity index (χ3v) is 5.26. The number of nitrogens with zero attached hydrogens (tertiary/aromatic N) is 2. The van der Waals surface area contributed by atoms with E-state index >= 15 is 0 Å². The lowest BCUT2D eigenvalue weighted by Gasteiger charge is -2.17. The molecule has 148 valence electrons. The second-order valence-electron chi connectivity index (χ2n) is 7.60. The third kappa shape index (κ3) is 4.57. The Morgan fingerprint density at radius 1 is 0.931 bits per heavy atom. The molecule has 0 spiro atoms. The maximum absolute atomic E-state index is 12.7. The van der Waals surface area contributed by atoms with Crippen molar-refractivity contribution in [3.63, 3.8) is 0 Å². The van der Waals surface area contributed by atoms with Crippen LogP contribution in [0.4, 0.5) is 22.7 Å². The summed E-state index contributed by atoms with van der Waals surface area (Å²) in [6.07, 6.45) is 5.80. The van der Waals surface area contributed by atoms with Crippen LogP contribution in [0.25, 0.3) is 0 Å². The zero-order chi connectivity index (χ0) is 20.2. The Morgan fingerprint density at radius 2 is 1.69 bits per heavy atom. The number of aryl methyl sites for hydroxylation is 2. The van der Waals surface area contributed by atoms with Crippen molar-refractivity contribution in [2.75, 3.05) is 28.6 Å².